The molecule has 0 spiro atoms. The number of carbonyl (C=O) groups is 1. The van der Waals surface area contributed by atoms with Crippen LogP contribution < -0.4 is 5.32 Å². The van der Waals surface area contributed by atoms with Crippen LogP contribution in [0.5, 0.6) is 0 Å². The number of nitrogens with zero attached hydrogens (tertiary/aromatic N) is 2. The number of hydrogen-bond donors (Lipinski definition) is 1. The number of amides is 1. The molecule has 0 saturated carbocycles. The highest BCUT2D eigenvalue weighted by Gasteiger charge is 2.19. The Morgan fingerprint density at radius 2 is 2.35 bits per heavy atom. The summed E-state index contributed by atoms with van der Waals surface area (Å²) in [6.45, 7) is 4.19. The predicted molar refractivity (Wildman–Crippen MR) is 68.1 cm³/mol. The summed E-state index contributed by atoms with van der Waals surface area (Å²) in [4.78, 5) is 17.0. The third-order valence-electron chi connectivity index (χ3n) is 2.53. The Bertz CT molecular complexity index is 462. The summed E-state index contributed by atoms with van der Waals surface area (Å²) in [5.74, 6) is 0.348. The van der Waals surface area contributed by atoms with Crippen molar-refractivity contribution in [2.45, 2.75) is 19.9 Å². The van der Waals surface area contributed by atoms with Gasteiger partial charge in [0.2, 0.25) is 0 Å². The van der Waals surface area contributed by atoms with Gasteiger partial charge in [-0.05, 0) is 17.4 Å². The molecule has 0 aromatic carbocycles. The average molecular weight is 249 g/mol. The molecule has 5 heteroatoms. The maximum atomic E-state index is 11.9. The van der Waals surface area contributed by atoms with Gasteiger partial charge < -0.3 is 5.32 Å². The zero-order chi connectivity index (χ0) is 12.3. The van der Waals surface area contributed by atoms with Crippen molar-refractivity contribution in [1.82, 2.24) is 14.9 Å². The average Bonchev–Trinajstić information content (AvgIpc) is 2.97. The van der Waals surface area contributed by atoms with E-state index in [1.165, 1.54) is 15.8 Å². The Kier molecular flexibility index (Phi) is 3.58. The van der Waals surface area contributed by atoms with Gasteiger partial charge in [0.15, 0.2) is 0 Å². The van der Waals surface area contributed by atoms with Gasteiger partial charge in [-0.3, -0.25) is 4.57 Å². The van der Waals surface area contributed by atoms with E-state index in [0.29, 0.717) is 5.92 Å². The van der Waals surface area contributed by atoms with Gasteiger partial charge in [0.05, 0.1) is 6.04 Å². The summed E-state index contributed by atoms with van der Waals surface area (Å²) in [6.07, 6.45) is 4.73. The van der Waals surface area contributed by atoms with E-state index in [9.17, 15) is 4.79 Å². The van der Waals surface area contributed by atoms with Crippen molar-refractivity contribution >= 4 is 17.4 Å². The molecule has 17 heavy (non-hydrogen) atoms. The molecule has 1 amide bonds. The van der Waals surface area contributed by atoms with E-state index in [-0.39, 0.29) is 12.1 Å². The Morgan fingerprint density at radius 3 is 2.88 bits per heavy atom. The number of hydrogen-bond acceptors (Lipinski definition) is 3. The fourth-order valence-electron chi connectivity index (χ4n) is 1.62. The SMILES string of the molecule is CC(C)C(NC(=O)n1ccnc1)c1cccs1. The lowest BCUT2D eigenvalue weighted by Crippen LogP contribution is -2.33. The van der Waals surface area contributed by atoms with E-state index in [4.69, 9.17) is 0 Å². The lowest BCUT2D eigenvalue weighted by atomic mass is 10.0. The number of rotatable bonds is 3. The number of nitrogens with one attached hydrogen (secondary N) is 1. The second-order valence-electron chi connectivity index (χ2n) is 4.16. The first-order valence-electron chi connectivity index (χ1n) is 5.50. The number of thiophene rings is 1. The van der Waals surface area contributed by atoms with Gasteiger partial charge in [0.1, 0.15) is 6.33 Å². The predicted octanol–water partition coefficient (Wildman–Crippen LogP) is 2.90. The minimum atomic E-state index is -0.144. The molecule has 2 aromatic heterocycles. The van der Waals surface area contributed by atoms with E-state index < -0.39 is 0 Å². The highest BCUT2D eigenvalue weighted by Crippen LogP contribution is 2.25. The van der Waals surface area contributed by atoms with Crippen LogP contribution in [0.15, 0.2) is 36.2 Å². The van der Waals surface area contributed by atoms with Crippen LogP contribution in [0.4, 0.5) is 4.79 Å². The van der Waals surface area contributed by atoms with E-state index >= 15 is 0 Å². The topological polar surface area (TPSA) is 46.9 Å². The summed E-state index contributed by atoms with van der Waals surface area (Å²) < 4.78 is 1.45. The Labute approximate surface area is 104 Å². The van der Waals surface area contributed by atoms with E-state index in [1.807, 2.05) is 17.5 Å². The van der Waals surface area contributed by atoms with Gasteiger partial charge in [-0.25, -0.2) is 9.78 Å². The lowest BCUT2D eigenvalue weighted by Gasteiger charge is -2.21. The molecule has 0 aliphatic carbocycles. The lowest BCUT2D eigenvalue weighted by molar-refractivity contribution is 0.235. The zero-order valence-electron chi connectivity index (χ0n) is 9.83. The van der Waals surface area contributed by atoms with Crippen LogP contribution in [0.25, 0.3) is 0 Å². The summed E-state index contributed by atoms with van der Waals surface area (Å²) in [5, 5.41) is 5.04. The van der Waals surface area contributed by atoms with Gasteiger partial charge in [-0.1, -0.05) is 19.9 Å². The third-order valence-corrected chi connectivity index (χ3v) is 3.49. The standard InChI is InChI=1S/C12H15N3OS/c1-9(2)11(10-4-3-7-17-10)14-12(16)15-6-5-13-8-15/h3-9,11H,1-2H3,(H,14,16). The van der Waals surface area contributed by atoms with Crippen LogP contribution in [0.3, 0.4) is 0 Å². The smallest absolute Gasteiger partial charge is 0.327 e. The molecule has 4 nitrogen and oxygen atoms in total. The van der Waals surface area contributed by atoms with E-state index in [1.54, 1.807) is 23.7 Å². The van der Waals surface area contributed by atoms with E-state index in [0.717, 1.165) is 0 Å². The molecule has 0 aliphatic heterocycles. The van der Waals surface area contributed by atoms with Gasteiger partial charge in [-0.2, -0.15) is 0 Å². The first kappa shape index (κ1) is 11.9. The van der Waals surface area contributed by atoms with Gasteiger partial charge in [0, 0.05) is 17.3 Å². The molecule has 1 N–H and O–H groups in total. The minimum Gasteiger partial charge on any atom is -0.329 e. The Morgan fingerprint density at radius 1 is 1.53 bits per heavy atom. The molecule has 1 atom stereocenters. The summed E-state index contributed by atoms with van der Waals surface area (Å²) in [6, 6.07) is 3.95. The van der Waals surface area contributed by atoms with Crippen LogP contribution in [0, 0.1) is 5.92 Å². The second kappa shape index (κ2) is 5.14. The van der Waals surface area contributed by atoms with Crippen molar-refractivity contribution in [3.05, 3.63) is 41.1 Å². The van der Waals surface area contributed by atoms with Crippen molar-refractivity contribution in [1.29, 1.82) is 0 Å². The van der Waals surface area contributed by atoms with Crippen LogP contribution in [-0.4, -0.2) is 15.6 Å². The molecular weight excluding hydrogens is 234 g/mol. The number of aromatic nitrogens is 2. The largest absolute Gasteiger partial charge is 0.329 e. The first-order valence-corrected chi connectivity index (χ1v) is 6.38. The number of imidazole rings is 1. The van der Waals surface area contributed by atoms with Gasteiger partial charge in [0.25, 0.3) is 0 Å². The van der Waals surface area contributed by atoms with Crippen molar-refractivity contribution in [3.8, 4) is 0 Å². The molecule has 2 aromatic rings. The van der Waals surface area contributed by atoms with Crippen molar-refractivity contribution in [2.24, 2.45) is 5.92 Å². The van der Waals surface area contributed by atoms with Crippen LogP contribution >= 0.6 is 11.3 Å². The fraction of sp³-hybridized carbons (Fsp3) is 0.333. The van der Waals surface area contributed by atoms with Gasteiger partial charge in [-0.15, -0.1) is 11.3 Å². The van der Waals surface area contributed by atoms with Crippen LogP contribution in [0.2, 0.25) is 0 Å². The minimum absolute atomic E-state index is 0.0462. The maximum absolute atomic E-state index is 11.9. The fourth-order valence-corrected chi connectivity index (χ4v) is 2.57. The maximum Gasteiger partial charge on any atom is 0.327 e. The molecule has 0 saturated heterocycles. The summed E-state index contributed by atoms with van der Waals surface area (Å²) in [7, 11) is 0. The monoisotopic (exact) mass is 249 g/mol. The highest BCUT2D eigenvalue weighted by molar-refractivity contribution is 7.10. The quantitative estimate of drug-likeness (QED) is 0.909. The second-order valence-corrected chi connectivity index (χ2v) is 5.14. The molecule has 0 aliphatic rings. The molecule has 0 fully saturated rings. The van der Waals surface area contributed by atoms with Crippen molar-refractivity contribution in [3.63, 3.8) is 0 Å². The molecular formula is C12H15N3OS. The normalized spacial score (nSPS) is 12.6. The highest BCUT2D eigenvalue weighted by atomic mass is 32.1. The molecule has 2 rings (SSSR count). The third kappa shape index (κ3) is 2.74. The summed E-state index contributed by atoms with van der Waals surface area (Å²) >= 11 is 1.66. The Hall–Kier alpha value is -1.62. The number of carbonyl (C=O) groups excluding carboxylic acids is 1. The molecule has 90 valence electrons. The molecule has 0 radical (unpaired) electrons. The molecule has 0 bridgehead atoms. The van der Waals surface area contributed by atoms with Gasteiger partial charge >= 0.3 is 6.03 Å². The van der Waals surface area contributed by atoms with Crippen molar-refractivity contribution in [2.75, 3.05) is 0 Å². The zero-order valence-corrected chi connectivity index (χ0v) is 10.6. The first-order chi connectivity index (χ1) is 8.18. The Balaban J connectivity index is 2.12. The molecule has 2 heterocycles. The van der Waals surface area contributed by atoms with Crippen LogP contribution in [-0.2, 0) is 0 Å². The summed E-state index contributed by atoms with van der Waals surface area (Å²) in [5.41, 5.74) is 0. The molecule has 1 unspecified atom stereocenters. The van der Waals surface area contributed by atoms with Crippen LogP contribution in [0.1, 0.15) is 24.8 Å². The van der Waals surface area contributed by atoms with Crippen molar-refractivity contribution < 1.29 is 4.79 Å². The van der Waals surface area contributed by atoms with E-state index in [2.05, 4.69) is 24.1 Å².